The van der Waals surface area contributed by atoms with Gasteiger partial charge in [-0.25, -0.2) is 0 Å². The van der Waals surface area contributed by atoms with Crippen LogP contribution in [0.25, 0.3) is 0 Å². The number of hydrogen-bond acceptors (Lipinski definition) is 3. The van der Waals surface area contributed by atoms with Gasteiger partial charge >= 0.3 is 0 Å². The molecule has 0 aliphatic carbocycles. The Morgan fingerprint density at radius 2 is 1.95 bits per heavy atom. The maximum Gasteiger partial charge on any atom is 0.234 e. The van der Waals surface area contributed by atoms with E-state index in [1.165, 1.54) is 5.56 Å². The van der Waals surface area contributed by atoms with Gasteiger partial charge in [-0.15, -0.1) is 0 Å². The van der Waals surface area contributed by atoms with Crippen LogP contribution in [0.4, 0.5) is 0 Å². The van der Waals surface area contributed by atoms with Crippen molar-refractivity contribution in [1.82, 2.24) is 10.2 Å². The molecule has 0 aliphatic heterocycles. The summed E-state index contributed by atoms with van der Waals surface area (Å²) in [6, 6.07) is 8.13. The molecule has 0 aliphatic rings. The van der Waals surface area contributed by atoms with Gasteiger partial charge in [-0.2, -0.15) is 0 Å². The van der Waals surface area contributed by atoms with E-state index >= 15 is 0 Å². The Hall–Kier alpha value is -1.39. The minimum Gasteiger partial charge on any atom is -0.355 e. The van der Waals surface area contributed by atoms with E-state index in [0.717, 1.165) is 31.6 Å². The van der Waals surface area contributed by atoms with Gasteiger partial charge < -0.3 is 11.1 Å². The second-order valence-corrected chi connectivity index (χ2v) is 4.63. The molecule has 0 radical (unpaired) electrons. The molecule has 0 atom stereocenters. The Bertz CT molecular complexity index is 393. The maximum atomic E-state index is 11.7. The standard InChI is InChI=1S/C15H25N3O/c1-3-9-17-15(19)12-18(4-2)11-14-8-6-5-7-13(14)10-16/h5-8H,3-4,9-12,16H2,1-2H3,(H,17,19). The van der Waals surface area contributed by atoms with Crippen molar-refractivity contribution in [3.05, 3.63) is 35.4 Å². The van der Waals surface area contributed by atoms with Crippen LogP contribution in [0.2, 0.25) is 0 Å². The number of nitrogens with one attached hydrogen (secondary N) is 1. The average molecular weight is 263 g/mol. The molecule has 4 nitrogen and oxygen atoms in total. The van der Waals surface area contributed by atoms with Crippen molar-refractivity contribution < 1.29 is 4.79 Å². The van der Waals surface area contributed by atoms with Crippen LogP contribution in [0.1, 0.15) is 31.4 Å². The Labute approximate surface area is 116 Å². The minimum atomic E-state index is 0.0916. The summed E-state index contributed by atoms with van der Waals surface area (Å²) in [5.41, 5.74) is 8.09. The first kappa shape index (κ1) is 15.7. The number of nitrogens with two attached hydrogens (primary N) is 1. The molecule has 1 aromatic rings. The number of nitrogens with zero attached hydrogens (tertiary/aromatic N) is 1. The largest absolute Gasteiger partial charge is 0.355 e. The highest BCUT2D eigenvalue weighted by molar-refractivity contribution is 5.77. The van der Waals surface area contributed by atoms with Gasteiger partial charge in [0.1, 0.15) is 0 Å². The van der Waals surface area contributed by atoms with Crippen LogP contribution in [0.15, 0.2) is 24.3 Å². The molecule has 0 saturated carbocycles. The van der Waals surface area contributed by atoms with Crippen LogP contribution in [0.3, 0.4) is 0 Å². The summed E-state index contributed by atoms with van der Waals surface area (Å²) in [5, 5.41) is 2.91. The Morgan fingerprint density at radius 1 is 1.26 bits per heavy atom. The Morgan fingerprint density at radius 3 is 2.53 bits per heavy atom. The SMILES string of the molecule is CCCNC(=O)CN(CC)Cc1ccccc1CN. The first-order valence-corrected chi connectivity index (χ1v) is 6.97. The molecule has 0 fully saturated rings. The lowest BCUT2D eigenvalue weighted by molar-refractivity contribution is -0.122. The molecule has 0 heterocycles. The monoisotopic (exact) mass is 263 g/mol. The number of hydrogen-bond donors (Lipinski definition) is 2. The van der Waals surface area contributed by atoms with Crippen LogP contribution in [0.5, 0.6) is 0 Å². The zero-order valence-corrected chi connectivity index (χ0v) is 12.0. The molecule has 0 spiro atoms. The van der Waals surface area contributed by atoms with Crippen molar-refractivity contribution >= 4 is 5.91 Å². The van der Waals surface area contributed by atoms with Gasteiger partial charge in [-0.1, -0.05) is 38.1 Å². The number of amides is 1. The molecule has 1 rings (SSSR count). The zero-order chi connectivity index (χ0) is 14.1. The number of rotatable bonds is 8. The van der Waals surface area contributed by atoms with E-state index in [1.54, 1.807) is 0 Å². The lowest BCUT2D eigenvalue weighted by atomic mass is 10.1. The van der Waals surface area contributed by atoms with Crippen molar-refractivity contribution in [3.63, 3.8) is 0 Å². The summed E-state index contributed by atoms with van der Waals surface area (Å²) in [4.78, 5) is 13.9. The fraction of sp³-hybridized carbons (Fsp3) is 0.533. The highest BCUT2D eigenvalue weighted by Gasteiger charge is 2.10. The third-order valence-corrected chi connectivity index (χ3v) is 3.12. The summed E-state index contributed by atoms with van der Waals surface area (Å²) in [7, 11) is 0. The minimum absolute atomic E-state index is 0.0916. The third-order valence-electron chi connectivity index (χ3n) is 3.12. The molecule has 0 bridgehead atoms. The van der Waals surface area contributed by atoms with Gasteiger partial charge in [-0.3, -0.25) is 9.69 Å². The predicted octanol–water partition coefficient (Wildman–Crippen LogP) is 1.49. The van der Waals surface area contributed by atoms with Crippen LogP contribution < -0.4 is 11.1 Å². The third kappa shape index (κ3) is 5.41. The van der Waals surface area contributed by atoms with E-state index in [0.29, 0.717) is 13.1 Å². The molecule has 3 N–H and O–H groups in total. The fourth-order valence-electron chi connectivity index (χ4n) is 1.95. The first-order chi connectivity index (χ1) is 9.21. The van der Waals surface area contributed by atoms with E-state index in [1.807, 2.05) is 18.2 Å². The van der Waals surface area contributed by atoms with Gasteiger partial charge in [0.25, 0.3) is 0 Å². The molecule has 4 heteroatoms. The number of carbonyl (C=O) groups excluding carboxylic acids is 1. The van der Waals surface area contributed by atoms with Crippen LogP contribution in [0, 0.1) is 0 Å². The summed E-state index contributed by atoms with van der Waals surface area (Å²) in [5.74, 6) is 0.0916. The lowest BCUT2D eigenvalue weighted by Gasteiger charge is -2.21. The quantitative estimate of drug-likeness (QED) is 0.747. The molecular formula is C15H25N3O. The second-order valence-electron chi connectivity index (χ2n) is 4.63. The number of carbonyl (C=O) groups is 1. The van der Waals surface area contributed by atoms with Gasteiger partial charge in [0.05, 0.1) is 6.54 Å². The van der Waals surface area contributed by atoms with Crippen molar-refractivity contribution in [2.45, 2.75) is 33.4 Å². The molecule has 19 heavy (non-hydrogen) atoms. The molecule has 0 unspecified atom stereocenters. The van der Waals surface area contributed by atoms with E-state index in [9.17, 15) is 4.79 Å². The predicted molar refractivity (Wildman–Crippen MR) is 78.6 cm³/mol. The smallest absolute Gasteiger partial charge is 0.234 e. The highest BCUT2D eigenvalue weighted by atomic mass is 16.2. The van der Waals surface area contributed by atoms with Crippen LogP contribution >= 0.6 is 0 Å². The second kappa shape index (κ2) is 8.67. The Balaban J connectivity index is 2.58. The van der Waals surface area contributed by atoms with E-state index < -0.39 is 0 Å². The lowest BCUT2D eigenvalue weighted by Crippen LogP contribution is -2.37. The number of likely N-dealkylation sites (N-methyl/N-ethyl adjacent to an activating group) is 1. The maximum absolute atomic E-state index is 11.7. The van der Waals surface area contributed by atoms with Gasteiger partial charge in [0.15, 0.2) is 0 Å². The highest BCUT2D eigenvalue weighted by Crippen LogP contribution is 2.10. The van der Waals surface area contributed by atoms with Crippen molar-refractivity contribution in [2.24, 2.45) is 5.73 Å². The first-order valence-electron chi connectivity index (χ1n) is 6.97. The van der Waals surface area contributed by atoms with Crippen molar-refractivity contribution in [1.29, 1.82) is 0 Å². The van der Waals surface area contributed by atoms with Gasteiger partial charge in [0, 0.05) is 19.6 Å². The van der Waals surface area contributed by atoms with Crippen molar-refractivity contribution in [2.75, 3.05) is 19.6 Å². The van der Waals surface area contributed by atoms with E-state index in [-0.39, 0.29) is 5.91 Å². The van der Waals surface area contributed by atoms with Crippen LogP contribution in [-0.4, -0.2) is 30.4 Å². The van der Waals surface area contributed by atoms with E-state index in [4.69, 9.17) is 5.73 Å². The normalized spacial score (nSPS) is 10.7. The van der Waals surface area contributed by atoms with Gasteiger partial charge in [-0.05, 0) is 24.1 Å². The fourth-order valence-corrected chi connectivity index (χ4v) is 1.95. The van der Waals surface area contributed by atoms with Gasteiger partial charge in [0.2, 0.25) is 5.91 Å². The van der Waals surface area contributed by atoms with Crippen molar-refractivity contribution in [3.8, 4) is 0 Å². The summed E-state index contributed by atoms with van der Waals surface area (Å²) < 4.78 is 0. The molecule has 1 amide bonds. The molecule has 0 aromatic heterocycles. The summed E-state index contributed by atoms with van der Waals surface area (Å²) in [6.45, 7) is 7.45. The van der Waals surface area contributed by atoms with Crippen LogP contribution in [-0.2, 0) is 17.9 Å². The summed E-state index contributed by atoms with van der Waals surface area (Å²) >= 11 is 0. The number of benzene rings is 1. The molecule has 0 saturated heterocycles. The molecule has 106 valence electrons. The zero-order valence-electron chi connectivity index (χ0n) is 12.0. The average Bonchev–Trinajstić information content (AvgIpc) is 2.44. The molecular weight excluding hydrogens is 238 g/mol. The van der Waals surface area contributed by atoms with E-state index in [2.05, 4.69) is 30.1 Å². The summed E-state index contributed by atoms with van der Waals surface area (Å²) in [6.07, 6.45) is 0.966. The Kier molecular flexibility index (Phi) is 7.15. The molecule has 1 aromatic carbocycles. The topological polar surface area (TPSA) is 58.4 Å².